The third kappa shape index (κ3) is 3.08. The molecule has 5 nitrogen and oxygen atoms in total. The van der Waals surface area contributed by atoms with Gasteiger partial charge in [0.2, 0.25) is 0 Å². The van der Waals surface area contributed by atoms with Gasteiger partial charge in [0.05, 0.1) is 12.7 Å². The maximum Gasteiger partial charge on any atom is 0.260 e. The molecule has 0 unspecified atom stereocenters. The number of hydrogen-bond acceptors (Lipinski definition) is 3. The van der Waals surface area contributed by atoms with Crippen LogP contribution in [0.25, 0.3) is 0 Å². The van der Waals surface area contributed by atoms with Gasteiger partial charge in [0.15, 0.2) is 0 Å². The van der Waals surface area contributed by atoms with E-state index in [0.29, 0.717) is 10.7 Å². The van der Waals surface area contributed by atoms with Gasteiger partial charge >= 0.3 is 0 Å². The number of halogens is 1. The lowest BCUT2D eigenvalue weighted by Crippen LogP contribution is -2.21. The number of nitrogens with one attached hydrogen (secondary N) is 1. The summed E-state index contributed by atoms with van der Waals surface area (Å²) in [5, 5.41) is 3.34. The lowest BCUT2D eigenvalue weighted by molar-refractivity contribution is 0.102. The maximum atomic E-state index is 12.4. The van der Waals surface area contributed by atoms with Crippen LogP contribution in [-0.4, -0.2) is 17.6 Å². The molecule has 1 N–H and O–H groups in total. The minimum atomic E-state index is -0.368. The van der Waals surface area contributed by atoms with Crippen LogP contribution in [-0.2, 0) is 7.05 Å². The molecule has 0 fully saturated rings. The van der Waals surface area contributed by atoms with E-state index < -0.39 is 0 Å². The van der Waals surface area contributed by atoms with E-state index in [4.69, 9.17) is 16.3 Å². The van der Waals surface area contributed by atoms with E-state index in [1.807, 2.05) is 6.92 Å². The zero-order valence-corrected chi connectivity index (χ0v) is 12.7. The van der Waals surface area contributed by atoms with E-state index in [1.54, 1.807) is 25.2 Å². The van der Waals surface area contributed by atoms with Crippen molar-refractivity contribution in [2.75, 3.05) is 12.4 Å². The molecule has 0 aliphatic carbocycles. The van der Waals surface area contributed by atoms with Gasteiger partial charge in [-0.05, 0) is 24.6 Å². The van der Waals surface area contributed by atoms with Crippen molar-refractivity contribution in [1.29, 1.82) is 0 Å². The van der Waals surface area contributed by atoms with Crippen molar-refractivity contribution in [3.8, 4) is 5.75 Å². The largest absolute Gasteiger partial charge is 0.496 e. The van der Waals surface area contributed by atoms with Crippen molar-refractivity contribution in [2.45, 2.75) is 6.92 Å². The summed E-state index contributed by atoms with van der Waals surface area (Å²) in [4.78, 5) is 23.9. The van der Waals surface area contributed by atoms with Gasteiger partial charge in [-0.3, -0.25) is 9.59 Å². The van der Waals surface area contributed by atoms with Gasteiger partial charge in [0, 0.05) is 30.0 Å². The summed E-state index contributed by atoms with van der Waals surface area (Å²) < 4.78 is 6.42. The number of methoxy groups -OCH3 is 1. The average molecular weight is 307 g/mol. The highest BCUT2D eigenvalue weighted by atomic mass is 35.5. The Morgan fingerprint density at radius 2 is 2.10 bits per heavy atom. The van der Waals surface area contributed by atoms with E-state index in [0.717, 1.165) is 5.56 Å². The molecule has 6 heteroatoms. The topological polar surface area (TPSA) is 60.3 Å². The van der Waals surface area contributed by atoms with Crippen LogP contribution in [0.5, 0.6) is 5.75 Å². The summed E-state index contributed by atoms with van der Waals surface area (Å²) in [5.41, 5.74) is 1.42. The van der Waals surface area contributed by atoms with Crippen LogP contribution in [0.2, 0.25) is 5.02 Å². The minimum absolute atomic E-state index is 0.232. The van der Waals surface area contributed by atoms with Crippen LogP contribution in [0.1, 0.15) is 15.9 Å². The van der Waals surface area contributed by atoms with E-state index in [2.05, 4.69) is 5.32 Å². The van der Waals surface area contributed by atoms with Crippen LogP contribution >= 0.6 is 11.6 Å². The van der Waals surface area contributed by atoms with E-state index in [-0.39, 0.29) is 22.8 Å². The molecule has 0 radical (unpaired) electrons. The number of hydrogen-bond donors (Lipinski definition) is 1. The first kappa shape index (κ1) is 15.1. The third-order valence-electron chi connectivity index (χ3n) is 3.17. The van der Waals surface area contributed by atoms with Crippen LogP contribution in [0.15, 0.2) is 35.3 Å². The summed E-state index contributed by atoms with van der Waals surface area (Å²) in [6, 6.07) is 6.54. The quantitative estimate of drug-likeness (QED) is 0.948. The Labute approximate surface area is 127 Å². The zero-order valence-electron chi connectivity index (χ0n) is 11.9. The Balaban J connectivity index is 2.39. The highest BCUT2D eigenvalue weighted by Gasteiger charge is 2.15. The molecule has 21 heavy (non-hydrogen) atoms. The smallest absolute Gasteiger partial charge is 0.260 e. The number of nitrogens with zero attached hydrogens (tertiary/aromatic N) is 1. The van der Waals surface area contributed by atoms with Crippen LogP contribution < -0.4 is 15.6 Å². The van der Waals surface area contributed by atoms with E-state index >= 15 is 0 Å². The van der Waals surface area contributed by atoms with Crippen molar-refractivity contribution < 1.29 is 9.53 Å². The number of benzene rings is 1. The molecule has 0 aliphatic heterocycles. The summed E-state index contributed by atoms with van der Waals surface area (Å²) in [5.74, 6) is -0.136. The lowest BCUT2D eigenvalue weighted by Gasteiger charge is -2.12. The zero-order chi connectivity index (χ0) is 15.6. The Morgan fingerprint density at radius 3 is 2.76 bits per heavy atom. The highest BCUT2D eigenvalue weighted by molar-refractivity contribution is 6.31. The molecule has 0 saturated heterocycles. The average Bonchev–Trinajstić information content (AvgIpc) is 2.46. The summed E-state index contributed by atoms with van der Waals surface area (Å²) in [6.45, 7) is 1.82. The van der Waals surface area contributed by atoms with Crippen molar-refractivity contribution in [2.24, 2.45) is 7.05 Å². The molecule has 1 aromatic heterocycles. The molecule has 1 heterocycles. The van der Waals surface area contributed by atoms with E-state index in [9.17, 15) is 9.59 Å². The number of anilines is 1. The van der Waals surface area contributed by atoms with Crippen LogP contribution in [0.3, 0.4) is 0 Å². The predicted octanol–water partition coefficient (Wildman–Crippen LogP) is 2.61. The molecule has 2 rings (SSSR count). The fourth-order valence-corrected chi connectivity index (χ4v) is 2.06. The number of carbonyl (C=O) groups is 1. The molecule has 0 spiro atoms. The van der Waals surface area contributed by atoms with Gasteiger partial charge in [-0.1, -0.05) is 17.7 Å². The molecular formula is C15H15ClN2O3. The Hall–Kier alpha value is -2.27. The van der Waals surface area contributed by atoms with Crippen molar-refractivity contribution in [3.63, 3.8) is 0 Å². The van der Waals surface area contributed by atoms with Crippen molar-refractivity contribution >= 4 is 23.2 Å². The second-order valence-electron chi connectivity index (χ2n) is 4.57. The Kier molecular flexibility index (Phi) is 4.33. The van der Waals surface area contributed by atoms with Crippen molar-refractivity contribution in [3.05, 3.63) is 57.0 Å². The first-order chi connectivity index (χ1) is 9.93. The minimum Gasteiger partial charge on any atom is -0.496 e. The number of pyridine rings is 1. The van der Waals surface area contributed by atoms with E-state index in [1.165, 1.54) is 23.9 Å². The first-order valence-electron chi connectivity index (χ1n) is 6.25. The van der Waals surface area contributed by atoms with Crippen LogP contribution in [0.4, 0.5) is 5.69 Å². The number of rotatable bonds is 3. The summed E-state index contributed by atoms with van der Waals surface area (Å²) in [7, 11) is 2.99. The highest BCUT2D eigenvalue weighted by Crippen LogP contribution is 2.24. The Morgan fingerprint density at radius 1 is 1.38 bits per heavy atom. The molecule has 0 saturated carbocycles. The first-order valence-corrected chi connectivity index (χ1v) is 6.63. The molecule has 1 aromatic carbocycles. The molecule has 0 bridgehead atoms. The summed E-state index contributed by atoms with van der Waals surface area (Å²) in [6.07, 6.45) is 1.44. The monoisotopic (exact) mass is 306 g/mol. The lowest BCUT2D eigenvalue weighted by atomic mass is 10.1. The predicted molar refractivity (Wildman–Crippen MR) is 82.4 cm³/mol. The summed E-state index contributed by atoms with van der Waals surface area (Å²) >= 11 is 6.03. The molecular weight excluding hydrogens is 292 g/mol. The standard InChI is InChI=1S/C15H15ClN2O3/c1-9-11(16)5-4-6-12(9)17-15(20)10-8-18(2)14(19)7-13(10)21-3/h4-8H,1-3H3,(H,17,20). The fraction of sp³-hybridized carbons (Fsp3) is 0.200. The molecule has 0 aliphatic rings. The second-order valence-corrected chi connectivity index (χ2v) is 4.98. The molecule has 110 valence electrons. The van der Waals surface area contributed by atoms with Gasteiger partial charge < -0.3 is 14.6 Å². The SMILES string of the molecule is COc1cc(=O)n(C)cc1C(=O)Nc1cccc(Cl)c1C. The maximum absolute atomic E-state index is 12.4. The van der Waals surface area contributed by atoms with Crippen LogP contribution in [0, 0.1) is 6.92 Å². The van der Waals surface area contributed by atoms with Gasteiger partial charge in [-0.25, -0.2) is 0 Å². The molecule has 0 atom stereocenters. The van der Waals surface area contributed by atoms with Gasteiger partial charge in [-0.2, -0.15) is 0 Å². The third-order valence-corrected chi connectivity index (χ3v) is 3.58. The molecule has 2 aromatic rings. The fourth-order valence-electron chi connectivity index (χ4n) is 1.88. The normalized spacial score (nSPS) is 10.3. The van der Waals surface area contributed by atoms with Crippen molar-refractivity contribution in [1.82, 2.24) is 4.57 Å². The number of amides is 1. The number of aryl methyl sites for hydroxylation is 1. The Bertz CT molecular complexity index is 753. The van der Waals surface area contributed by atoms with Gasteiger partial charge in [0.25, 0.3) is 11.5 Å². The molecule has 1 amide bonds. The second kappa shape index (κ2) is 6.01. The van der Waals surface area contributed by atoms with Gasteiger partial charge in [-0.15, -0.1) is 0 Å². The number of aromatic nitrogens is 1. The van der Waals surface area contributed by atoms with Gasteiger partial charge in [0.1, 0.15) is 5.75 Å². The number of ether oxygens (including phenoxy) is 1. The number of carbonyl (C=O) groups excluding carboxylic acids is 1.